The lowest BCUT2D eigenvalue weighted by Crippen LogP contribution is -2.39. The summed E-state index contributed by atoms with van der Waals surface area (Å²) >= 11 is 10.1. The molecule has 0 aliphatic heterocycles. The van der Waals surface area contributed by atoms with E-state index < -0.39 is 12.7 Å². The maximum absolute atomic E-state index is 12.4. The number of rotatable bonds is 7. The molecule has 0 aromatic heterocycles. The number of hydrogen-bond acceptors (Lipinski definition) is 5. The molecule has 12 heteroatoms. The first-order valence-electron chi connectivity index (χ1n) is 9.34. The minimum absolute atomic E-state index is 0.0538. The number of halogens is 3. The minimum Gasteiger partial charge on any atom is -0.508 e. The monoisotopic (exact) mass is 482 g/mol. The van der Waals surface area contributed by atoms with E-state index in [1.165, 1.54) is 12.1 Å². The standard InChI is InChI=1S/C20H21F3N6OS2/c1-2-24-18(31)28-27-17(14-8-10-15(30)11-9-14)16(13-6-4-3-5-7-13)26-29-19(32)25-12-20(21,22)23/h3-11,30H,2,12H2,1H3,(H2,24,28,31)(H2,25,29,32). The second kappa shape index (κ2) is 12.0. The van der Waals surface area contributed by atoms with Crippen molar-refractivity contribution in [3.8, 4) is 5.75 Å². The Labute approximate surface area is 193 Å². The van der Waals surface area contributed by atoms with Crippen molar-refractivity contribution in [1.29, 1.82) is 0 Å². The fraction of sp³-hybridized carbons (Fsp3) is 0.200. The molecule has 170 valence electrons. The van der Waals surface area contributed by atoms with Gasteiger partial charge in [-0.25, -0.2) is 0 Å². The van der Waals surface area contributed by atoms with Gasteiger partial charge < -0.3 is 15.7 Å². The first kappa shape index (κ1) is 25.0. The molecule has 0 radical (unpaired) electrons. The van der Waals surface area contributed by atoms with Crippen molar-refractivity contribution in [2.45, 2.75) is 13.1 Å². The van der Waals surface area contributed by atoms with Crippen LogP contribution >= 0.6 is 24.4 Å². The van der Waals surface area contributed by atoms with E-state index in [4.69, 9.17) is 24.4 Å². The zero-order chi connectivity index (χ0) is 23.6. The Hall–Kier alpha value is -3.25. The SMILES string of the molecule is CCNC(=S)NN=C(C(=NNC(=S)NCC(F)(F)F)c1ccccc1)c1ccc(O)cc1. The van der Waals surface area contributed by atoms with Crippen LogP contribution in [-0.2, 0) is 0 Å². The topological polar surface area (TPSA) is 93.1 Å². The van der Waals surface area contributed by atoms with Gasteiger partial charge in [0, 0.05) is 17.7 Å². The van der Waals surface area contributed by atoms with E-state index in [9.17, 15) is 18.3 Å². The van der Waals surface area contributed by atoms with Gasteiger partial charge in [0.15, 0.2) is 10.2 Å². The molecule has 0 saturated heterocycles. The number of thiocarbonyl (C=S) groups is 2. The summed E-state index contributed by atoms with van der Waals surface area (Å²) < 4.78 is 37.3. The summed E-state index contributed by atoms with van der Waals surface area (Å²) in [5.74, 6) is 0.0538. The van der Waals surface area contributed by atoms with Gasteiger partial charge in [-0.1, -0.05) is 30.3 Å². The molecule has 32 heavy (non-hydrogen) atoms. The summed E-state index contributed by atoms with van der Waals surface area (Å²) in [7, 11) is 0. The van der Waals surface area contributed by atoms with Gasteiger partial charge in [0.2, 0.25) is 0 Å². The highest BCUT2D eigenvalue weighted by molar-refractivity contribution is 7.80. The Kier molecular flexibility index (Phi) is 9.35. The van der Waals surface area contributed by atoms with Crippen LogP contribution in [0.3, 0.4) is 0 Å². The van der Waals surface area contributed by atoms with E-state index >= 15 is 0 Å². The summed E-state index contributed by atoms with van der Waals surface area (Å²) in [5, 5.41) is 23.1. The number of hydrazone groups is 2. The van der Waals surface area contributed by atoms with Gasteiger partial charge in [-0.3, -0.25) is 10.9 Å². The van der Waals surface area contributed by atoms with Crippen LogP contribution < -0.4 is 21.5 Å². The average Bonchev–Trinajstić information content (AvgIpc) is 2.75. The smallest absolute Gasteiger partial charge is 0.405 e. The Bertz CT molecular complexity index is 979. The Morgan fingerprint density at radius 3 is 1.84 bits per heavy atom. The normalized spacial score (nSPS) is 12.1. The van der Waals surface area contributed by atoms with Gasteiger partial charge in [-0.15, -0.1) is 0 Å². The molecular formula is C20H21F3N6OS2. The zero-order valence-corrected chi connectivity index (χ0v) is 18.5. The molecule has 0 saturated carbocycles. The lowest BCUT2D eigenvalue weighted by molar-refractivity contribution is -0.122. The van der Waals surface area contributed by atoms with Gasteiger partial charge in [-0.2, -0.15) is 23.4 Å². The van der Waals surface area contributed by atoms with Crippen molar-refractivity contribution in [3.05, 3.63) is 65.7 Å². The molecule has 0 amide bonds. The van der Waals surface area contributed by atoms with E-state index in [2.05, 4.69) is 31.7 Å². The lowest BCUT2D eigenvalue weighted by atomic mass is 10.00. The van der Waals surface area contributed by atoms with Crippen LogP contribution in [-0.4, -0.2) is 46.0 Å². The molecule has 7 nitrogen and oxygen atoms in total. The van der Waals surface area contributed by atoms with Crippen molar-refractivity contribution in [1.82, 2.24) is 21.5 Å². The number of phenolic OH excluding ortho intramolecular Hbond substituents is 1. The van der Waals surface area contributed by atoms with E-state index in [0.717, 1.165) is 0 Å². The number of nitrogens with one attached hydrogen (secondary N) is 4. The summed E-state index contributed by atoms with van der Waals surface area (Å²) in [5.41, 5.74) is 6.91. The van der Waals surface area contributed by atoms with Crippen molar-refractivity contribution in [2.24, 2.45) is 10.2 Å². The molecule has 0 spiro atoms. The summed E-state index contributed by atoms with van der Waals surface area (Å²) in [6, 6.07) is 15.0. The van der Waals surface area contributed by atoms with E-state index in [1.54, 1.807) is 42.5 Å². The largest absolute Gasteiger partial charge is 0.508 e. The maximum atomic E-state index is 12.4. The predicted octanol–water partition coefficient (Wildman–Crippen LogP) is 3.01. The summed E-state index contributed by atoms with van der Waals surface area (Å²) in [6.45, 7) is 1.15. The number of hydrogen-bond donors (Lipinski definition) is 5. The van der Waals surface area contributed by atoms with E-state index in [1.807, 2.05) is 6.92 Å². The molecule has 0 atom stereocenters. The van der Waals surface area contributed by atoms with E-state index in [-0.39, 0.29) is 21.7 Å². The van der Waals surface area contributed by atoms with Crippen LogP contribution in [0.1, 0.15) is 18.1 Å². The second-order valence-corrected chi connectivity index (χ2v) is 7.03. The molecule has 2 rings (SSSR count). The van der Waals surface area contributed by atoms with Crippen LogP contribution in [0.4, 0.5) is 13.2 Å². The molecular weight excluding hydrogens is 461 g/mol. The number of alkyl halides is 3. The minimum atomic E-state index is -4.43. The molecule has 2 aromatic carbocycles. The molecule has 0 fully saturated rings. The molecule has 0 unspecified atom stereocenters. The van der Waals surface area contributed by atoms with E-state index in [0.29, 0.717) is 23.4 Å². The zero-order valence-electron chi connectivity index (χ0n) is 16.9. The van der Waals surface area contributed by atoms with Gasteiger partial charge in [0.05, 0.1) is 0 Å². The van der Waals surface area contributed by atoms with Crippen LogP contribution in [0.2, 0.25) is 0 Å². The van der Waals surface area contributed by atoms with Crippen molar-refractivity contribution in [2.75, 3.05) is 13.1 Å². The quantitative estimate of drug-likeness (QED) is 0.235. The van der Waals surface area contributed by atoms with Gasteiger partial charge >= 0.3 is 6.18 Å². The third-order valence-electron chi connectivity index (χ3n) is 3.74. The molecule has 2 aromatic rings. The molecule has 0 aliphatic carbocycles. The van der Waals surface area contributed by atoms with Crippen molar-refractivity contribution >= 4 is 46.1 Å². The number of benzene rings is 2. The Morgan fingerprint density at radius 2 is 1.34 bits per heavy atom. The molecule has 0 aliphatic rings. The van der Waals surface area contributed by atoms with Crippen LogP contribution in [0.25, 0.3) is 0 Å². The van der Waals surface area contributed by atoms with Crippen LogP contribution in [0.5, 0.6) is 5.75 Å². The highest BCUT2D eigenvalue weighted by Crippen LogP contribution is 2.15. The third kappa shape index (κ3) is 8.47. The maximum Gasteiger partial charge on any atom is 0.405 e. The number of aromatic hydroxyl groups is 1. The fourth-order valence-corrected chi connectivity index (χ4v) is 2.67. The van der Waals surface area contributed by atoms with Crippen molar-refractivity contribution < 1.29 is 18.3 Å². The number of phenols is 1. The van der Waals surface area contributed by atoms with Crippen LogP contribution in [0, 0.1) is 0 Å². The van der Waals surface area contributed by atoms with Gasteiger partial charge in [0.1, 0.15) is 23.7 Å². The number of nitrogens with zero attached hydrogens (tertiary/aromatic N) is 2. The fourth-order valence-electron chi connectivity index (χ4n) is 2.36. The summed E-state index contributed by atoms with van der Waals surface area (Å²) in [6.07, 6.45) is -4.43. The highest BCUT2D eigenvalue weighted by atomic mass is 32.1. The predicted molar refractivity (Wildman–Crippen MR) is 127 cm³/mol. The average molecular weight is 483 g/mol. The van der Waals surface area contributed by atoms with Crippen molar-refractivity contribution in [3.63, 3.8) is 0 Å². The van der Waals surface area contributed by atoms with Crippen LogP contribution in [0.15, 0.2) is 64.8 Å². The molecule has 5 N–H and O–H groups in total. The first-order valence-corrected chi connectivity index (χ1v) is 10.2. The third-order valence-corrected chi connectivity index (χ3v) is 4.21. The molecule has 0 heterocycles. The Morgan fingerprint density at radius 1 is 0.844 bits per heavy atom. The second-order valence-electron chi connectivity index (χ2n) is 6.21. The van der Waals surface area contributed by atoms with Gasteiger partial charge in [-0.05, 0) is 55.6 Å². The Balaban J connectivity index is 2.44. The molecule has 0 bridgehead atoms. The lowest BCUT2D eigenvalue weighted by Gasteiger charge is -2.14. The first-order chi connectivity index (χ1) is 15.2. The van der Waals surface area contributed by atoms with Gasteiger partial charge in [0.25, 0.3) is 0 Å². The highest BCUT2D eigenvalue weighted by Gasteiger charge is 2.27. The summed E-state index contributed by atoms with van der Waals surface area (Å²) in [4.78, 5) is 0.